The molecule has 0 saturated carbocycles. The maximum Gasteiger partial charge on any atom is 0.225 e. The maximum atomic E-state index is 12.6. The molecule has 0 bridgehead atoms. The second kappa shape index (κ2) is 5.13. The third-order valence-corrected chi connectivity index (χ3v) is 5.12. The van der Waals surface area contributed by atoms with Gasteiger partial charge in [-0.3, -0.25) is 0 Å². The number of benzene rings is 2. The van der Waals surface area contributed by atoms with Crippen LogP contribution in [0.5, 0.6) is 0 Å². The van der Waals surface area contributed by atoms with Crippen LogP contribution in [-0.2, 0) is 9.84 Å². The van der Waals surface area contributed by atoms with E-state index in [4.69, 9.17) is 5.26 Å². The van der Waals surface area contributed by atoms with Gasteiger partial charge in [0, 0.05) is 12.1 Å². The van der Waals surface area contributed by atoms with Crippen LogP contribution in [0.4, 0.5) is 0 Å². The van der Waals surface area contributed by atoms with Crippen LogP contribution in [0.1, 0.15) is 5.56 Å². The van der Waals surface area contributed by atoms with Crippen molar-refractivity contribution in [3.63, 3.8) is 0 Å². The molecular weight excluding hydrogens is 300 g/mol. The highest BCUT2D eigenvalue weighted by molar-refractivity contribution is 7.91. The predicted molar refractivity (Wildman–Crippen MR) is 79.5 cm³/mol. The summed E-state index contributed by atoms with van der Waals surface area (Å²) in [5.41, 5.74) is 0.512. The van der Waals surface area contributed by atoms with Crippen LogP contribution in [0.3, 0.4) is 0 Å². The summed E-state index contributed by atoms with van der Waals surface area (Å²) in [5, 5.41) is 21.2. The first kappa shape index (κ1) is 14.0. The highest BCUT2D eigenvalue weighted by atomic mass is 32.2. The molecule has 1 aromatic heterocycles. The number of hydrogen-bond acceptors (Lipinski definition) is 4. The van der Waals surface area contributed by atoms with Gasteiger partial charge in [-0.05, 0) is 24.3 Å². The van der Waals surface area contributed by atoms with E-state index in [0.717, 1.165) is 0 Å². The molecule has 22 heavy (non-hydrogen) atoms. The van der Waals surface area contributed by atoms with E-state index in [0.29, 0.717) is 10.1 Å². The molecule has 0 amide bonds. The van der Waals surface area contributed by atoms with Crippen LogP contribution in [-0.4, -0.2) is 8.42 Å². The van der Waals surface area contributed by atoms with Gasteiger partial charge in [0.25, 0.3) is 0 Å². The van der Waals surface area contributed by atoms with Gasteiger partial charge in [-0.25, -0.2) is 8.42 Å². The van der Waals surface area contributed by atoms with Crippen LogP contribution in [0.15, 0.2) is 70.6 Å². The smallest absolute Gasteiger partial charge is 0.225 e. The fourth-order valence-electron chi connectivity index (χ4n) is 2.24. The molecule has 0 unspecified atom stereocenters. The minimum absolute atomic E-state index is 0.0499. The van der Waals surface area contributed by atoms with Gasteiger partial charge in [0.1, 0.15) is 6.07 Å². The fraction of sp³-hybridized carbons (Fsp3) is 0. The summed E-state index contributed by atoms with van der Waals surface area (Å²) in [6.07, 6.45) is 1.23. The molecule has 0 atom stereocenters. The minimum Gasteiger partial charge on any atom is -0.618 e. The first-order valence-electron chi connectivity index (χ1n) is 6.40. The van der Waals surface area contributed by atoms with Crippen molar-refractivity contribution in [2.24, 2.45) is 0 Å². The summed E-state index contributed by atoms with van der Waals surface area (Å²) in [5.74, 6) is 0. The second-order valence-corrected chi connectivity index (χ2v) is 6.61. The number of nitrogens with zero attached hydrogens (tertiary/aromatic N) is 2. The van der Waals surface area contributed by atoms with E-state index < -0.39 is 9.84 Å². The minimum atomic E-state index is -3.69. The maximum absolute atomic E-state index is 12.6. The van der Waals surface area contributed by atoms with Crippen LogP contribution in [0.25, 0.3) is 10.9 Å². The van der Waals surface area contributed by atoms with Gasteiger partial charge >= 0.3 is 0 Å². The molecule has 0 spiro atoms. The van der Waals surface area contributed by atoms with Gasteiger partial charge in [-0.1, -0.05) is 18.2 Å². The van der Waals surface area contributed by atoms with Crippen LogP contribution >= 0.6 is 0 Å². The zero-order valence-electron chi connectivity index (χ0n) is 11.3. The van der Waals surface area contributed by atoms with Crippen molar-refractivity contribution in [1.29, 1.82) is 5.26 Å². The van der Waals surface area contributed by atoms with Gasteiger partial charge in [0.05, 0.1) is 20.7 Å². The first-order chi connectivity index (χ1) is 10.5. The van der Waals surface area contributed by atoms with Crippen molar-refractivity contribution in [2.45, 2.75) is 9.79 Å². The lowest BCUT2D eigenvalue weighted by Crippen LogP contribution is -2.26. The highest BCUT2D eigenvalue weighted by Crippen LogP contribution is 2.24. The zero-order chi connectivity index (χ0) is 15.7. The largest absolute Gasteiger partial charge is 0.618 e. The quantitative estimate of drug-likeness (QED) is 0.536. The Labute approximate surface area is 127 Å². The monoisotopic (exact) mass is 310 g/mol. The van der Waals surface area contributed by atoms with Crippen molar-refractivity contribution in [1.82, 2.24) is 0 Å². The van der Waals surface area contributed by atoms with Gasteiger partial charge < -0.3 is 5.21 Å². The Hall–Kier alpha value is -2.91. The molecule has 5 nitrogen and oxygen atoms in total. The van der Waals surface area contributed by atoms with Crippen molar-refractivity contribution in [2.75, 3.05) is 0 Å². The van der Waals surface area contributed by atoms with Gasteiger partial charge in [-0.15, -0.1) is 0 Å². The number of fused-ring (bicyclic) bond motifs is 1. The molecular formula is C16H10N2O3S. The fourth-order valence-corrected chi connectivity index (χ4v) is 3.54. The Kier molecular flexibility index (Phi) is 3.28. The van der Waals surface area contributed by atoms with E-state index in [9.17, 15) is 13.6 Å². The number of pyridine rings is 1. The van der Waals surface area contributed by atoms with E-state index in [1.807, 2.05) is 6.07 Å². The van der Waals surface area contributed by atoms with Crippen molar-refractivity contribution in [3.8, 4) is 6.07 Å². The number of hydrogen-bond donors (Lipinski definition) is 0. The van der Waals surface area contributed by atoms with E-state index in [-0.39, 0.29) is 20.9 Å². The summed E-state index contributed by atoms with van der Waals surface area (Å²) >= 11 is 0. The Morgan fingerprint density at radius 2 is 1.73 bits per heavy atom. The van der Waals surface area contributed by atoms with Crippen molar-refractivity contribution in [3.05, 3.63) is 71.6 Å². The van der Waals surface area contributed by atoms with E-state index in [1.54, 1.807) is 18.2 Å². The third kappa shape index (κ3) is 2.18. The topological polar surface area (TPSA) is 84.9 Å². The molecule has 108 valence electrons. The van der Waals surface area contributed by atoms with Crippen LogP contribution < -0.4 is 4.73 Å². The van der Waals surface area contributed by atoms with E-state index in [2.05, 4.69) is 0 Å². The standard InChI is InChI=1S/C16H10N2O3S/c17-11-12-8-9-18(19)16-7-6-14(10-15(12)16)22(20,21)13-4-2-1-3-5-13/h1-10H. The predicted octanol–water partition coefficient (Wildman–Crippen LogP) is 2.18. The summed E-state index contributed by atoms with van der Waals surface area (Å²) in [7, 11) is -3.69. The van der Waals surface area contributed by atoms with E-state index in [1.165, 1.54) is 42.6 Å². The molecule has 0 N–H and O–H groups in total. The molecule has 6 heteroatoms. The average Bonchev–Trinajstić information content (AvgIpc) is 2.56. The van der Waals surface area contributed by atoms with Crippen LogP contribution in [0.2, 0.25) is 0 Å². The molecule has 3 aromatic rings. The lowest BCUT2D eigenvalue weighted by molar-refractivity contribution is -0.577. The molecule has 0 fully saturated rings. The van der Waals surface area contributed by atoms with Gasteiger partial charge in [0.2, 0.25) is 15.4 Å². The average molecular weight is 310 g/mol. The number of aromatic nitrogens is 1. The molecule has 0 aliphatic heterocycles. The number of rotatable bonds is 2. The van der Waals surface area contributed by atoms with Crippen molar-refractivity contribution < 1.29 is 13.1 Å². The van der Waals surface area contributed by atoms with Crippen molar-refractivity contribution >= 4 is 20.7 Å². The SMILES string of the molecule is N#Cc1cc[n+]([O-])c2ccc(S(=O)(=O)c3ccccc3)cc12. The number of sulfone groups is 1. The lowest BCUT2D eigenvalue weighted by Gasteiger charge is -2.07. The Bertz CT molecular complexity index is 1010. The lowest BCUT2D eigenvalue weighted by atomic mass is 10.1. The molecule has 3 rings (SSSR count). The Balaban J connectivity index is 2.28. The molecule has 2 aromatic carbocycles. The van der Waals surface area contributed by atoms with E-state index >= 15 is 0 Å². The molecule has 0 aliphatic carbocycles. The molecule has 0 aliphatic rings. The summed E-state index contributed by atoms with van der Waals surface area (Å²) < 4.78 is 25.8. The summed E-state index contributed by atoms with van der Waals surface area (Å²) in [6, 6.07) is 15.5. The zero-order valence-corrected chi connectivity index (χ0v) is 12.1. The molecule has 0 saturated heterocycles. The normalized spacial score (nSPS) is 11.2. The van der Waals surface area contributed by atoms with Gasteiger partial charge in [0.15, 0.2) is 6.20 Å². The Morgan fingerprint density at radius 3 is 2.41 bits per heavy atom. The Morgan fingerprint density at radius 1 is 1.00 bits per heavy atom. The second-order valence-electron chi connectivity index (χ2n) is 4.66. The summed E-state index contributed by atoms with van der Waals surface area (Å²) in [6.45, 7) is 0. The molecule has 1 heterocycles. The summed E-state index contributed by atoms with van der Waals surface area (Å²) in [4.78, 5) is 0.215. The van der Waals surface area contributed by atoms with Crippen LogP contribution in [0, 0.1) is 16.5 Å². The van der Waals surface area contributed by atoms with Gasteiger partial charge in [-0.2, -0.15) is 9.99 Å². The molecule has 0 radical (unpaired) electrons. The number of nitriles is 1. The third-order valence-electron chi connectivity index (χ3n) is 3.36. The first-order valence-corrected chi connectivity index (χ1v) is 7.88. The highest BCUT2D eigenvalue weighted by Gasteiger charge is 2.20.